The lowest BCUT2D eigenvalue weighted by Crippen LogP contribution is -2.55. The van der Waals surface area contributed by atoms with Gasteiger partial charge in [-0.3, -0.25) is 0 Å². The fourth-order valence-corrected chi connectivity index (χ4v) is 15.3. The smallest absolute Gasteiger partial charge is 0.140 e. The van der Waals surface area contributed by atoms with Crippen LogP contribution in [-0.4, -0.2) is 0 Å². The molecule has 10 aromatic rings. The summed E-state index contributed by atoms with van der Waals surface area (Å²) in [7, 11) is 0. The summed E-state index contributed by atoms with van der Waals surface area (Å²) in [6.07, 6.45) is 6.37. The Hall–Kier alpha value is -7.64. The molecule has 326 valence electrons. The molecule has 2 heterocycles. The van der Waals surface area contributed by atoms with Gasteiger partial charge in [-0.1, -0.05) is 60.7 Å². The summed E-state index contributed by atoms with van der Waals surface area (Å²) in [6.45, 7) is 4.37. The van der Waals surface area contributed by atoms with E-state index in [2.05, 4.69) is 157 Å². The fraction of sp³-hybridized carbons (Fsp3) is 0.194. The summed E-state index contributed by atoms with van der Waals surface area (Å²) < 4.78 is 10.1. The summed E-state index contributed by atoms with van der Waals surface area (Å²) in [5.41, 5.74) is 17.4. The van der Waals surface area contributed by atoms with E-state index in [-0.39, 0.29) is 5.41 Å². The normalized spacial score (nSPS) is 20.8. The van der Waals surface area contributed by atoms with Gasteiger partial charge in [0.05, 0.1) is 29.0 Å². The van der Waals surface area contributed by atoms with Crippen LogP contribution in [0.2, 0.25) is 0 Å². The number of hydrogen-bond acceptors (Lipinski definition) is 6. The van der Waals surface area contributed by atoms with Crippen LogP contribution in [0.5, 0.6) is 0 Å². The molecule has 2 aromatic heterocycles. The molecule has 4 saturated carbocycles. The third-order valence-electron chi connectivity index (χ3n) is 16.5. The highest BCUT2D eigenvalue weighted by atomic mass is 32.1. The van der Waals surface area contributed by atoms with Crippen LogP contribution in [0.15, 0.2) is 162 Å². The molecule has 0 atom stereocenters. The van der Waals surface area contributed by atoms with E-state index in [1.54, 1.807) is 0 Å². The number of hydrogen-bond donors (Lipinski definition) is 0. The van der Waals surface area contributed by atoms with Gasteiger partial charge in [0, 0.05) is 82.0 Å². The first-order valence-corrected chi connectivity index (χ1v) is 24.9. The maximum atomic E-state index is 9.91. The molecule has 4 bridgehead atoms. The molecule has 5 aliphatic carbocycles. The number of nitrogens with zero attached hydrogens (tertiary/aromatic N) is 4. The van der Waals surface area contributed by atoms with Crippen LogP contribution < -0.4 is 9.80 Å². The molecule has 4 fully saturated rings. The number of benzene rings is 8. The highest BCUT2D eigenvalue weighted by Crippen LogP contribution is 2.72. The van der Waals surface area contributed by atoms with Crippen LogP contribution in [0.25, 0.3) is 53.2 Å². The largest absolute Gasteiger partial charge is 0.456 e. The van der Waals surface area contributed by atoms with Crippen LogP contribution in [-0.2, 0) is 5.41 Å². The van der Waals surface area contributed by atoms with Crippen molar-refractivity contribution in [2.75, 3.05) is 9.80 Å². The molecule has 0 aliphatic heterocycles. The van der Waals surface area contributed by atoms with Gasteiger partial charge in [0.25, 0.3) is 0 Å². The summed E-state index contributed by atoms with van der Waals surface area (Å²) >= 11 is 1.94. The number of furan rings is 1. The molecular weight excluding hydrogens is 849 g/mol. The van der Waals surface area contributed by atoms with Gasteiger partial charge in [0.1, 0.15) is 11.2 Å². The molecule has 6 heteroatoms. The second kappa shape index (κ2) is 14.7. The summed E-state index contributed by atoms with van der Waals surface area (Å²) in [5.74, 6) is 2.56. The second-order valence-corrected chi connectivity index (χ2v) is 21.1. The first-order chi connectivity index (χ1) is 33.4. The molecule has 15 rings (SSSR count). The lowest BCUT2D eigenvalue weighted by atomic mass is 9.43. The minimum Gasteiger partial charge on any atom is -0.456 e. The minimum atomic E-state index is -0.217. The minimum absolute atomic E-state index is 0.217. The molecule has 0 N–H and O–H groups in total. The third-order valence-corrected chi connectivity index (χ3v) is 17.7. The van der Waals surface area contributed by atoms with Crippen molar-refractivity contribution < 1.29 is 4.42 Å². The fourth-order valence-electron chi connectivity index (χ4n) is 14.0. The lowest BCUT2D eigenvalue weighted by molar-refractivity contribution is -0.0396. The van der Waals surface area contributed by atoms with E-state index in [1.807, 2.05) is 47.7 Å². The van der Waals surface area contributed by atoms with Crippen molar-refractivity contribution in [3.05, 3.63) is 191 Å². The van der Waals surface area contributed by atoms with Crippen molar-refractivity contribution in [1.29, 1.82) is 10.5 Å². The Morgan fingerprint density at radius 1 is 0.559 bits per heavy atom. The SMILES string of the molecule is Cc1ccccc1N(c1ccc(C#N)cc1)c1ccc2c(c1)oc1c3c(ccc12)-c1c(cc(N(c2ccc(C#N)cc2)c2ccccc2C)c2c1sc1ccccc12)C31C2CC3CC(C2)CC1C3. The van der Waals surface area contributed by atoms with Gasteiger partial charge >= 0.3 is 0 Å². The number of rotatable bonds is 6. The number of thiophene rings is 1. The number of fused-ring (bicyclic) bond motifs is 11. The summed E-state index contributed by atoms with van der Waals surface area (Å²) in [6, 6.07) is 61.1. The van der Waals surface area contributed by atoms with Crippen molar-refractivity contribution in [1.82, 2.24) is 0 Å². The van der Waals surface area contributed by atoms with Gasteiger partial charge in [-0.25, -0.2) is 0 Å². The first kappa shape index (κ1) is 39.5. The maximum absolute atomic E-state index is 9.91. The molecular formula is C62H46N4OS. The van der Waals surface area contributed by atoms with Gasteiger partial charge < -0.3 is 14.2 Å². The Bertz CT molecular complexity index is 3800. The van der Waals surface area contributed by atoms with Gasteiger partial charge in [-0.2, -0.15) is 10.5 Å². The predicted molar refractivity (Wildman–Crippen MR) is 278 cm³/mol. The number of para-hydroxylation sites is 2. The molecule has 0 radical (unpaired) electrons. The average molecular weight is 895 g/mol. The molecule has 0 saturated heterocycles. The zero-order chi connectivity index (χ0) is 45.4. The Labute approximate surface area is 399 Å². The standard InChI is InChI=1S/C62H46N4OS/c1-36-9-3-6-12-52(36)65(44-19-15-38(34-63)16-20-44)46-23-24-47-48-25-26-50-57-51(62(59(50)60(48)67-55(47)32-46)42-28-40-27-41(30-42)31-43(62)29-40)33-54(58-49-11-5-8-14-56(49)68-61(57)58)66(53-13-7-4-10-37(53)2)45-21-17-39(35-64)18-22-45/h3-26,32-33,40-43H,27-31H2,1-2H3. The van der Waals surface area contributed by atoms with Crippen LogP contribution >= 0.6 is 11.3 Å². The van der Waals surface area contributed by atoms with Gasteiger partial charge in [-0.15, -0.1) is 11.3 Å². The zero-order valence-electron chi connectivity index (χ0n) is 38.0. The van der Waals surface area contributed by atoms with Crippen LogP contribution in [0.1, 0.15) is 65.5 Å². The quantitative estimate of drug-likeness (QED) is 0.166. The summed E-state index contributed by atoms with van der Waals surface area (Å²) in [5, 5.41) is 24.4. The Morgan fingerprint density at radius 3 is 1.78 bits per heavy atom. The zero-order valence-corrected chi connectivity index (χ0v) is 38.8. The van der Waals surface area contributed by atoms with E-state index in [0.29, 0.717) is 23.0 Å². The van der Waals surface area contributed by atoms with Crippen molar-refractivity contribution in [2.24, 2.45) is 23.7 Å². The van der Waals surface area contributed by atoms with Crippen LogP contribution in [0.3, 0.4) is 0 Å². The monoisotopic (exact) mass is 894 g/mol. The highest BCUT2D eigenvalue weighted by molar-refractivity contribution is 7.26. The van der Waals surface area contributed by atoms with E-state index in [0.717, 1.165) is 62.4 Å². The molecule has 1 spiro atoms. The Balaban J connectivity index is 1.06. The van der Waals surface area contributed by atoms with Gasteiger partial charge in [0.2, 0.25) is 0 Å². The third kappa shape index (κ3) is 5.47. The van der Waals surface area contributed by atoms with Crippen molar-refractivity contribution in [3.63, 3.8) is 0 Å². The maximum Gasteiger partial charge on any atom is 0.140 e. The van der Waals surface area contributed by atoms with Crippen LogP contribution in [0, 0.1) is 60.2 Å². The second-order valence-electron chi connectivity index (χ2n) is 20.0. The molecule has 0 amide bonds. The first-order valence-electron chi connectivity index (χ1n) is 24.1. The van der Waals surface area contributed by atoms with Crippen molar-refractivity contribution >= 4 is 87.6 Å². The lowest BCUT2D eigenvalue weighted by Gasteiger charge is -2.61. The van der Waals surface area contributed by atoms with E-state index < -0.39 is 0 Å². The van der Waals surface area contributed by atoms with E-state index in [4.69, 9.17) is 4.42 Å². The van der Waals surface area contributed by atoms with Gasteiger partial charge in [0.15, 0.2) is 0 Å². The van der Waals surface area contributed by atoms with Crippen LogP contribution in [0.4, 0.5) is 34.1 Å². The van der Waals surface area contributed by atoms with Gasteiger partial charge in [-0.05, 0) is 183 Å². The molecule has 5 nitrogen and oxygen atoms in total. The van der Waals surface area contributed by atoms with Crippen molar-refractivity contribution in [2.45, 2.75) is 51.4 Å². The van der Waals surface area contributed by atoms with E-state index >= 15 is 0 Å². The van der Waals surface area contributed by atoms with E-state index in [9.17, 15) is 10.5 Å². The summed E-state index contributed by atoms with van der Waals surface area (Å²) in [4.78, 5) is 4.77. The average Bonchev–Trinajstić information content (AvgIpc) is 4.03. The number of aryl methyl sites for hydroxylation is 2. The topological polar surface area (TPSA) is 67.2 Å². The predicted octanol–water partition coefficient (Wildman–Crippen LogP) is 17.0. The Kier molecular flexibility index (Phi) is 8.53. The molecule has 68 heavy (non-hydrogen) atoms. The Morgan fingerprint density at radius 2 is 1.13 bits per heavy atom. The molecule has 5 aliphatic rings. The number of nitriles is 2. The van der Waals surface area contributed by atoms with E-state index in [1.165, 1.54) is 91.2 Å². The number of anilines is 6. The molecule has 0 unspecified atom stereocenters. The highest BCUT2D eigenvalue weighted by Gasteiger charge is 2.63. The molecule has 8 aromatic carbocycles. The van der Waals surface area contributed by atoms with Crippen molar-refractivity contribution in [3.8, 4) is 23.3 Å².